The number of ether oxygens (including phenoxy) is 1. The molecule has 1 aromatic heterocycles. The number of hydrogen-bond donors (Lipinski definition) is 1. The quantitative estimate of drug-likeness (QED) is 0.351. The van der Waals surface area contributed by atoms with E-state index in [4.69, 9.17) is 4.74 Å². The van der Waals surface area contributed by atoms with Crippen LogP contribution in [-0.2, 0) is 6.54 Å². The normalized spacial score (nSPS) is 13.6. The molecule has 3 amide bonds. The average molecular weight is 550 g/mol. The molecule has 1 fully saturated rings. The van der Waals surface area contributed by atoms with Gasteiger partial charge in [-0.2, -0.15) is 0 Å². The van der Waals surface area contributed by atoms with Crippen LogP contribution in [0.3, 0.4) is 0 Å². The monoisotopic (exact) mass is 549 g/mol. The van der Waals surface area contributed by atoms with Gasteiger partial charge in [-0.25, -0.2) is 9.78 Å². The number of benzene rings is 2. The molecule has 9 heteroatoms. The second kappa shape index (κ2) is 13.0. The second-order valence-corrected chi connectivity index (χ2v) is 11.2. The fourth-order valence-electron chi connectivity index (χ4n) is 4.57. The molecular weight excluding hydrogens is 510 g/mol. The Labute approximate surface area is 235 Å². The molecule has 1 aliphatic rings. The summed E-state index contributed by atoms with van der Waals surface area (Å²) in [7, 11) is 0. The predicted molar refractivity (Wildman–Crippen MR) is 158 cm³/mol. The average Bonchev–Trinajstić information content (AvgIpc) is 3.41. The first-order chi connectivity index (χ1) is 18.8. The lowest BCUT2D eigenvalue weighted by molar-refractivity contribution is 0.0741. The lowest BCUT2D eigenvalue weighted by atomic mass is 10.0. The SMILES string of the molecule is CCOc1ccccc1N1CCN(C(=O)c2csc(CN(C(=O)Nc3ccc(C(C)C)cc3)C(C)C)n2)CC1. The number of nitrogens with one attached hydrogen (secondary N) is 1. The van der Waals surface area contributed by atoms with E-state index >= 15 is 0 Å². The zero-order chi connectivity index (χ0) is 27.9. The zero-order valence-electron chi connectivity index (χ0n) is 23.5. The molecule has 0 spiro atoms. The number of thiazole rings is 1. The maximum Gasteiger partial charge on any atom is 0.322 e. The molecule has 3 aromatic rings. The number of aromatic nitrogens is 1. The number of hydrogen-bond acceptors (Lipinski definition) is 6. The third-order valence-electron chi connectivity index (χ3n) is 6.86. The summed E-state index contributed by atoms with van der Waals surface area (Å²) in [5, 5.41) is 5.53. The summed E-state index contributed by atoms with van der Waals surface area (Å²) in [5.41, 5.74) is 3.48. The molecule has 1 aliphatic heterocycles. The number of piperazine rings is 1. The van der Waals surface area contributed by atoms with Crippen LogP contribution in [0.25, 0.3) is 0 Å². The molecular formula is C30H39N5O3S. The lowest BCUT2D eigenvalue weighted by Crippen LogP contribution is -2.49. The zero-order valence-corrected chi connectivity index (χ0v) is 24.3. The summed E-state index contributed by atoms with van der Waals surface area (Å²) < 4.78 is 5.78. The van der Waals surface area contributed by atoms with E-state index in [9.17, 15) is 9.59 Å². The van der Waals surface area contributed by atoms with Gasteiger partial charge >= 0.3 is 6.03 Å². The van der Waals surface area contributed by atoms with E-state index in [0.29, 0.717) is 37.9 Å². The number of para-hydroxylation sites is 2. The third kappa shape index (κ3) is 7.09. The Morgan fingerprint density at radius 2 is 1.72 bits per heavy atom. The van der Waals surface area contributed by atoms with Crippen LogP contribution in [0.5, 0.6) is 5.75 Å². The van der Waals surface area contributed by atoms with Crippen molar-refractivity contribution in [1.82, 2.24) is 14.8 Å². The van der Waals surface area contributed by atoms with Gasteiger partial charge in [-0.15, -0.1) is 11.3 Å². The Kier molecular flexibility index (Phi) is 9.45. The van der Waals surface area contributed by atoms with Crippen molar-refractivity contribution in [1.29, 1.82) is 0 Å². The molecule has 0 radical (unpaired) electrons. The summed E-state index contributed by atoms with van der Waals surface area (Å²) in [4.78, 5) is 36.8. The van der Waals surface area contributed by atoms with Crippen molar-refractivity contribution in [2.45, 2.75) is 53.1 Å². The Morgan fingerprint density at radius 1 is 1.03 bits per heavy atom. The molecule has 0 saturated carbocycles. The molecule has 208 valence electrons. The van der Waals surface area contributed by atoms with Gasteiger partial charge in [0.15, 0.2) is 0 Å². The molecule has 0 atom stereocenters. The molecule has 0 unspecified atom stereocenters. The Balaban J connectivity index is 1.35. The number of urea groups is 1. The highest BCUT2D eigenvalue weighted by molar-refractivity contribution is 7.09. The molecule has 2 aromatic carbocycles. The minimum Gasteiger partial charge on any atom is -0.492 e. The van der Waals surface area contributed by atoms with E-state index in [1.807, 2.05) is 68.1 Å². The van der Waals surface area contributed by atoms with Crippen molar-refractivity contribution >= 4 is 34.6 Å². The van der Waals surface area contributed by atoms with Crippen molar-refractivity contribution in [3.05, 3.63) is 70.2 Å². The van der Waals surface area contributed by atoms with Crippen molar-refractivity contribution in [2.24, 2.45) is 0 Å². The van der Waals surface area contributed by atoms with Crippen LogP contribution in [0.2, 0.25) is 0 Å². The molecule has 8 nitrogen and oxygen atoms in total. The van der Waals surface area contributed by atoms with E-state index in [-0.39, 0.29) is 18.0 Å². The fourth-order valence-corrected chi connectivity index (χ4v) is 5.34. The smallest absolute Gasteiger partial charge is 0.322 e. The van der Waals surface area contributed by atoms with Gasteiger partial charge < -0.3 is 24.8 Å². The van der Waals surface area contributed by atoms with Gasteiger partial charge in [-0.3, -0.25) is 4.79 Å². The number of anilines is 2. The first-order valence-electron chi connectivity index (χ1n) is 13.6. The van der Waals surface area contributed by atoms with Crippen LogP contribution in [-0.4, -0.2) is 65.5 Å². The number of amides is 3. The highest BCUT2D eigenvalue weighted by Gasteiger charge is 2.26. The standard InChI is InChI=1S/C30H39N5O3S/c1-6-38-27-10-8-7-9-26(27)33-15-17-34(18-16-33)29(36)25-20-39-28(32-25)19-35(22(4)5)30(37)31-24-13-11-23(12-14-24)21(2)3/h7-14,20-22H,6,15-19H2,1-5H3,(H,31,37). The Morgan fingerprint density at radius 3 is 2.36 bits per heavy atom. The Hall–Kier alpha value is -3.59. The largest absolute Gasteiger partial charge is 0.492 e. The molecule has 4 rings (SSSR count). The van der Waals surface area contributed by atoms with E-state index in [1.54, 1.807) is 10.3 Å². The number of nitrogens with zero attached hydrogens (tertiary/aromatic N) is 4. The van der Waals surface area contributed by atoms with Gasteiger partial charge in [-0.1, -0.05) is 38.1 Å². The maximum absolute atomic E-state index is 13.2. The van der Waals surface area contributed by atoms with Crippen molar-refractivity contribution in [2.75, 3.05) is 43.0 Å². The minimum atomic E-state index is -0.186. The van der Waals surface area contributed by atoms with E-state index < -0.39 is 0 Å². The highest BCUT2D eigenvalue weighted by Crippen LogP contribution is 2.29. The summed E-state index contributed by atoms with van der Waals surface area (Å²) in [6.45, 7) is 13.9. The summed E-state index contributed by atoms with van der Waals surface area (Å²) >= 11 is 1.41. The van der Waals surface area contributed by atoms with Gasteiger partial charge in [0.05, 0.1) is 18.8 Å². The van der Waals surface area contributed by atoms with Gasteiger partial charge in [0.25, 0.3) is 5.91 Å². The van der Waals surface area contributed by atoms with Crippen molar-refractivity contribution in [3.63, 3.8) is 0 Å². The molecule has 39 heavy (non-hydrogen) atoms. The third-order valence-corrected chi connectivity index (χ3v) is 7.70. The Bertz CT molecular complexity index is 1250. The van der Waals surface area contributed by atoms with Gasteiger partial charge in [0, 0.05) is 43.3 Å². The summed E-state index contributed by atoms with van der Waals surface area (Å²) in [5.74, 6) is 1.24. The van der Waals surface area contributed by atoms with E-state index in [1.165, 1.54) is 16.9 Å². The van der Waals surface area contributed by atoms with Gasteiger partial charge in [0.1, 0.15) is 16.5 Å². The van der Waals surface area contributed by atoms with Crippen LogP contribution >= 0.6 is 11.3 Å². The highest BCUT2D eigenvalue weighted by atomic mass is 32.1. The van der Waals surface area contributed by atoms with Gasteiger partial charge in [-0.05, 0) is 56.5 Å². The summed E-state index contributed by atoms with van der Waals surface area (Å²) in [6.07, 6.45) is 0. The van der Waals surface area contributed by atoms with Gasteiger partial charge in [0.2, 0.25) is 0 Å². The molecule has 2 heterocycles. The number of carbonyl (C=O) groups excluding carboxylic acids is 2. The maximum atomic E-state index is 13.2. The van der Waals surface area contributed by atoms with Crippen LogP contribution in [0.15, 0.2) is 53.9 Å². The number of rotatable bonds is 9. The molecule has 0 aliphatic carbocycles. The minimum absolute atomic E-state index is 0.0318. The van der Waals surface area contributed by atoms with Crippen molar-refractivity contribution < 1.29 is 14.3 Å². The van der Waals surface area contributed by atoms with Crippen LogP contribution in [0.1, 0.15) is 61.6 Å². The first kappa shape index (κ1) is 28.4. The van der Waals surface area contributed by atoms with Crippen LogP contribution in [0.4, 0.5) is 16.2 Å². The number of carbonyl (C=O) groups is 2. The van der Waals surface area contributed by atoms with Crippen LogP contribution < -0.4 is 15.0 Å². The molecule has 1 saturated heterocycles. The predicted octanol–water partition coefficient (Wildman–Crippen LogP) is 6.07. The van der Waals surface area contributed by atoms with E-state index in [0.717, 1.165) is 35.2 Å². The topological polar surface area (TPSA) is 78.0 Å². The fraction of sp³-hybridized carbons (Fsp3) is 0.433. The van der Waals surface area contributed by atoms with E-state index in [2.05, 4.69) is 35.1 Å². The molecule has 1 N–H and O–H groups in total. The van der Waals surface area contributed by atoms with Crippen molar-refractivity contribution in [3.8, 4) is 5.75 Å². The lowest BCUT2D eigenvalue weighted by Gasteiger charge is -2.36. The second-order valence-electron chi connectivity index (χ2n) is 10.2. The van der Waals surface area contributed by atoms with Crippen LogP contribution in [0, 0.1) is 0 Å². The first-order valence-corrected chi connectivity index (χ1v) is 14.5. The summed E-state index contributed by atoms with van der Waals surface area (Å²) in [6, 6.07) is 15.7. The molecule has 0 bridgehead atoms.